The van der Waals surface area contributed by atoms with E-state index in [-0.39, 0.29) is 0 Å². The third-order valence-electron chi connectivity index (χ3n) is 2.14. The average Bonchev–Trinajstić information content (AvgIpc) is 2.30. The number of benzene rings is 1. The molecule has 0 saturated heterocycles. The second-order valence-corrected chi connectivity index (χ2v) is 3.49. The molecule has 15 heavy (non-hydrogen) atoms. The quantitative estimate of drug-likeness (QED) is 0.843. The topological polar surface area (TPSA) is 51.8 Å². The van der Waals surface area contributed by atoms with Gasteiger partial charge in [0.15, 0.2) is 0 Å². The van der Waals surface area contributed by atoms with E-state index >= 15 is 0 Å². The van der Waals surface area contributed by atoms with E-state index in [1.165, 1.54) is 6.33 Å². The molecule has 0 amide bonds. The van der Waals surface area contributed by atoms with E-state index in [0.717, 1.165) is 16.8 Å². The maximum Gasteiger partial charge on any atom is 0.116 e. The second-order valence-electron chi connectivity index (χ2n) is 3.08. The van der Waals surface area contributed by atoms with Gasteiger partial charge in [0.1, 0.15) is 6.33 Å². The predicted octanol–water partition coefficient (Wildman–Crippen LogP) is 2.26. The molecule has 0 aliphatic carbocycles. The van der Waals surface area contributed by atoms with Gasteiger partial charge in [0, 0.05) is 28.9 Å². The van der Waals surface area contributed by atoms with Crippen LogP contribution in [0.3, 0.4) is 0 Å². The van der Waals surface area contributed by atoms with E-state index in [0.29, 0.717) is 11.6 Å². The standard InChI is InChI=1S/C11H10ClN3/c12-10-4-2-1-3-9(10)11-8(5-13)6-14-7-15-11/h1-4,6-7H,5,13H2. The molecule has 0 saturated carbocycles. The molecule has 0 atom stereocenters. The van der Waals surface area contributed by atoms with Gasteiger partial charge in [-0.25, -0.2) is 9.97 Å². The van der Waals surface area contributed by atoms with Gasteiger partial charge in [-0.1, -0.05) is 29.8 Å². The Kier molecular flexibility index (Phi) is 2.94. The summed E-state index contributed by atoms with van der Waals surface area (Å²) in [6.07, 6.45) is 3.21. The van der Waals surface area contributed by atoms with Crippen molar-refractivity contribution in [1.29, 1.82) is 0 Å². The molecule has 2 rings (SSSR count). The Morgan fingerprint density at radius 2 is 2.07 bits per heavy atom. The summed E-state index contributed by atoms with van der Waals surface area (Å²) in [6, 6.07) is 7.56. The van der Waals surface area contributed by atoms with Crippen molar-refractivity contribution in [1.82, 2.24) is 9.97 Å². The highest BCUT2D eigenvalue weighted by Gasteiger charge is 2.08. The van der Waals surface area contributed by atoms with Crippen LogP contribution in [0.2, 0.25) is 5.02 Å². The van der Waals surface area contributed by atoms with Crippen molar-refractivity contribution < 1.29 is 0 Å². The van der Waals surface area contributed by atoms with Crippen molar-refractivity contribution in [2.24, 2.45) is 5.73 Å². The Balaban J connectivity index is 2.59. The Bertz CT molecular complexity index is 471. The van der Waals surface area contributed by atoms with Crippen LogP contribution in [0.5, 0.6) is 0 Å². The number of nitrogens with zero attached hydrogens (tertiary/aromatic N) is 2. The summed E-state index contributed by atoms with van der Waals surface area (Å²) in [5.74, 6) is 0. The lowest BCUT2D eigenvalue weighted by atomic mass is 10.1. The molecule has 0 aliphatic rings. The number of halogens is 1. The normalized spacial score (nSPS) is 10.3. The molecule has 0 fully saturated rings. The fourth-order valence-corrected chi connectivity index (χ4v) is 1.63. The third-order valence-corrected chi connectivity index (χ3v) is 2.47. The van der Waals surface area contributed by atoms with Crippen molar-refractivity contribution in [2.45, 2.75) is 6.54 Å². The lowest BCUT2D eigenvalue weighted by Gasteiger charge is -2.06. The Morgan fingerprint density at radius 3 is 2.80 bits per heavy atom. The molecule has 0 radical (unpaired) electrons. The van der Waals surface area contributed by atoms with Crippen molar-refractivity contribution in [2.75, 3.05) is 0 Å². The summed E-state index contributed by atoms with van der Waals surface area (Å²) in [5, 5.41) is 0.672. The molecule has 0 unspecified atom stereocenters. The third kappa shape index (κ3) is 1.98. The monoisotopic (exact) mass is 219 g/mol. The molecule has 2 aromatic rings. The summed E-state index contributed by atoms with van der Waals surface area (Å²) >= 11 is 6.09. The number of aromatic nitrogens is 2. The van der Waals surface area contributed by atoms with Crippen LogP contribution in [0.15, 0.2) is 36.8 Å². The molecule has 0 aliphatic heterocycles. The molecule has 1 aromatic carbocycles. The molecule has 0 spiro atoms. The first kappa shape index (κ1) is 10.1. The molecular weight excluding hydrogens is 210 g/mol. The van der Waals surface area contributed by atoms with Crippen LogP contribution in [-0.4, -0.2) is 9.97 Å². The van der Waals surface area contributed by atoms with Crippen LogP contribution in [0, 0.1) is 0 Å². The maximum absolute atomic E-state index is 6.09. The van der Waals surface area contributed by atoms with Crippen molar-refractivity contribution >= 4 is 11.6 Å². The summed E-state index contributed by atoms with van der Waals surface area (Å²) in [7, 11) is 0. The van der Waals surface area contributed by atoms with Gasteiger partial charge in [0.2, 0.25) is 0 Å². The zero-order chi connectivity index (χ0) is 10.7. The van der Waals surface area contributed by atoms with Gasteiger partial charge in [-0.2, -0.15) is 0 Å². The average molecular weight is 220 g/mol. The molecule has 2 N–H and O–H groups in total. The lowest BCUT2D eigenvalue weighted by molar-refractivity contribution is 1.01. The second kappa shape index (κ2) is 4.38. The van der Waals surface area contributed by atoms with Crippen molar-refractivity contribution in [3.8, 4) is 11.3 Å². The van der Waals surface area contributed by atoms with Gasteiger partial charge in [-0.05, 0) is 6.07 Å². The highest BCUT2D eigenvalue weighted by Crippen LogP contribution is 2.27. The van der Waals surface area contributed by atoms with Crippen LogP contribution in [0.25, 0.3) is 11.3 Å². The first-order valence-electron chi connectivity index (χ1n) is 4.57. The largest absolute Gasteiger partial charge is 0.326 e. The number of hydrogen-bond acceptors (Lipinski definition) is 3. The first-order valence-corrected chi connectivity index (χ1v) is 4.94. The predicted molar refractivity (Wildman–Crippen MR) is 60.4 cm³/mol. The first-order chi connectivity index (χ1) is 7.33. The molecule has 0 bridgehead atoms. The SMILES string of the molecule is NCc1cncnc1-c1ccccc1Cl. The summed E-state index contributed by atoms with van der Waals surface area (Å²) in [6.45, 7) is 0.404. The number of nitrogens with two attached hydrogens (primary N) is 1. The van der Waals surface area contributed by atoms with Crippen LogP contribution in [-0.2, 0) is 6.54 Å². The molecule has 76 valence electrons. The van der Waals surface area contributed by atoms with Gasteiger partial charge in [0.05, 0.1) is 5.69 Å². The molecular formula is C11H10ClN3. The van der Waals surface area contributed by atoms with Gasteiger partial charge in [0.25, 0.3) is 0 Å². The van der Waals surface area contributed by atoms with E-state index in [9.17, 15) is 0 Å². The van der Waals surface area contributed by atoms with E-state index in [1.807, 2.05) is 24.3 Å². The summed E-state index contributed by atoms with van der Waals surface area (Å²) in [4.78, 5) is 8.14. The van der Waals surface area contributed by atoms with E-state index < -0.39 is 0 Å². The smallest absolute Gasteiger partial charge is 0.116 e. The fraction of sp³-hybridized carbons (Fsp3) is 0.0909. The molecule has 1 heterocycles. The minimum Gasteiger partial charge on any atom is -0.326 e. The molecule has 1 aromatic heterocycles. The maximum atomic E-state index is 6.09. The summed E-state index contributed by atoms with van der Waals surface area (Å²) in [5.41, 5.74) is 8.20. The Hall–Kier alpha value is -1.45. The van der Waals surface area contributed by atoms with Crippen LogP contribution < -0.4 is 5.73 Å². The number of hydrogen-bond donors (Lipinski definition) is 1. The van der Waals surface area contributed by atoms with Crippen molar-refractivity contribution in [3.05, 3.63) is 47.4 Å². The fourth-order valence-electron chi connectivity index (χ4n) is 1.40. The van der Waals surface area contributed by atoms with Crippen LogP contribution in [0.1, 0.15) is 5.56 Å². The van der Waals surface area contributed by atoms with E-state index in [1.54, 1.807) is 6.20 Å². The lowest BCUT2D eigenvalue weighted by Crippen LogP contribution is -2.01. The van der Waals surface area contributed by atoms with E-state index in [2.05, 4.69) is 9.97 Å². The Morgan fingerprint density at radius 1 is 1.27 bits per heavy atom. The van der Waals surface area contributed by atoms with Gasteiger partial charge in [-0.15, -0.1) is 0 Å². The molecule has 3 nitrogen and oxygen atoms in total. The highest BCUT2D eigenvalue weighted by atomic mass is 35.5. The zero-order valence-corrected chi connectivity index (χ0v) is 8.78. The van der Waals surface area contributed by atoms with Crippen LogP contribution in [0.4, 0.5) is 0 Å². The van der Waals surface area contributed by atoms with E-state index in [4.69, 9.17) is 17.3 Å². The van der Waals surface area contributed by atoms with Crippen LogP contribution >= 0.6 is 11.6 Å². The minimum atomic E-state index is 0.404. The zero-order valence-electron chi connectivity index (χ0n) is 8.02. The number of rotatable bonds is 2. The van der Waals surface area contributed by atoms with Gasteiger partial charge in [-0.3, -0.25) is 0 Å². The van der Waals surface area contributed by atoms with Gasteiger partial charge >= 0.3 is 0 Å². The molecule has 4 heteroatoms. The summed E-state index contributed by atoms with van der Waals surface area (Å²) < 4.78 is 0. The highest BCUT2D eigenvalue weighted by molar-refractivity contribution is 6.33. The minimum absolute atomic E-state index is 0.404. The van der Waals surface area contributed by atoms with Crippen molar-refractivity contribution in [3.63, 3.8) is 0 Å². The van der Waals surface area contributed by atoms with Gasteiger partial charge < -0.3 is 5.73 Å². The Labute approximate surface area is 92.9 Å².